The third-order valence-electron chi connectivity index (χ3n) is 7.32. The van der Waals surface area contributed by atoms with Crippen LogP contribution in [0.15, 0.2) is 36.7 Å². The number of alkyl halides is 3. The number of nitrogens with zero attached hydrogens (tertiary/aromatic N) is 7. The lowest BCUT2D eigenvalue weighted by atomic mass is 10.1. The van der Waals surface area contributed by atoms with Gasteiger partial charge < -0.3 is 25.6 Å². The molecule has 11 nitrogen and oxygen atoms in total. The van der Waals surface area contributed by atoms with Crippen LogP contribution in [0.5, 0.6) is 0 Å². The van der Waals surface area contributed by atoms with Gasteiger partial charge in [-0.15, -0.1) is 0 Å². The maximum Gasteiger partial charge on any atom is 0.490 e. The molecule has 4 N–H and O–H groups in total. The Balaban J connectivity index is 0.000000617. The molecule has 0 spiro atoms. The van der Waals surface area contributed by atoms with Gasteiger partial charge in [-0.3, -0.25) is 4.90 Å². The SMILES string of the molecule is Cc1nc2c(F)cc(-c3nc(Nc4ccc(CN5CCN(CCCN)CC5)cn4)ncc3F)cc2n1C(C)C.O=C(O)C(F)(F)F. The van der Waals surface area contributed by atoms with Crippen LogP contribution in [0, 0.1) is 18.6 Å². The van der Waals surface area contributed by atoms with Gasteiger partial charge in [-0.2, -0.15) is 13.2 Å². The van der Waals surface area contributed by atoms with E-state index in [2.05, 4.69) is 35.1 Å². The first-order valence-electron chi connectivity index (χ1n) is 14.6. The number of piperazine rings is 1. The number of halogens is 5. The van der Waals surface area contributed by atoms with Gasteiger partial charge in [-0.1, -0.05) is 6.07 Å². The molecule has 1 fully saturated rings. The molecule has 16 heteroatoms. The largest absolute Gasteiger partial charge is 0.490 e. The quantitative estimate of drug-likeness (QED) is 0.215. The summed E-state index contributed by atoms with van der Waals surface area (Å²) < 4.78 is 63.4. The topological polar surface area (TPSA) is 138 Å². The Morgan fingerprint density at radius 1 is 1.02 bits per heavy atom. The lowest BCUT2D eigenvalue weighted by molar-refractivity contribution is -0.192. The second kappa shape index (κ2) is 14.9. The molecule has 0 radical (unpaired) electrons. The summed E-state index contributed by atoms with van der Waals surface area (Å²) >= 11 is 0. The molecule has 46 heavy (non-hydrogen) atoms. The van der Waals surface area contributed by atoms with Gasteiger partial charge in [-0.25, -0.2) is 33.5 Å². The summed E-state index contributed by atoms with van der Waals surface area (Å²) in [6.07, 6.45) is -1.14. The van der Waals surface area contributed by atoms with Crippen molar-refractivity contribution in [2.75, 3.05) is 44.6 Å². The summed E-state index contributed by atoms with van der Waals surface area (Å²) in [7, 11) is 0. The number of carbonyl (C=O) groups is 1. The summed E-state index contributed by atoms with van der Waals surface area (Å²) in [5, 5.41) is 10.2. The molecule has 1 aromatic carbocycles. The number of anilines is 2. The van der Waals surface area contributed by atoms with E-state index in [1.165, 1.54) is 6.07 Å². The summed E-state index contributed by atoms with van der Waals surface area (Å²) in [6, 6.07) is 6.92. The minimum absolute atomic E-state index is 0.00434. The van der Waals surface area contributed by atoms with Crippen molar-refractivity contribution in [1.82, 2.24) is 34.3 Å². The summed E-state index contributed by atoms with van der Waals surface area (Å²) in [5.41, 5.74) is 7.91. The van der Waals surface area contributed by atoms with Gasteiger partial charge in [0.2, 0.25) is 5.95 Å². The smallest absolute Gasteiger partial charge is 0.475 e. The highest BCUT2D eigenvalue weighted by Gasteiger charge is 2.38. The van der Waals surface area contributed by atoms with Gasteiger partial charge in [0.1, 0.15) is 22.9 Å². The van der Waals surface area contributed by atoms with Gasteiger partial charge in [0.05, 0.1) is 11.7 Å². The summed E-state index contributed by atoms with van der Waals surface area (Å²) in [4.78, 5) is 31.1. The molecule has 0 amide bonds. The van der Waals surface area contributed by atoms with Crippen molar-refractivity contribution in [2.45, 2.75) is 46.0 Å². The Kier molecular flexibility index (Phi) is 11.2. The molecule has 0 saturated carbocycles. The number of nitrogens with one attached hydrogen (secondary N) is 1. The number of rotatable bonds is 9. The van der Waals surface area contributed by atoms with Crippen LogP contribution < -0.4 is 11.1 Å². The van der Waals surface area contributed by atoms with Crippen molar-refractivity contribution >= 4 is 28.8 Å². The monoisotopic (exact) mass is 649 g/mol. The zero-order chi connectivity index (χ0) is 33.6. The number of hydrogen-bond acceptors (Lipinski definition) is 9. The molecule has 248 valence electrons. The molecule has 1 aliphatic heterocycles. The number of nitrogens with two attached hydrogens (primary N) is 1. The number of pyridine rings is 1. The number of aliphatic carboxylic acids is 1. The summed E-state index contributed by atoms with van der Waals surface area (Å²) in [6.45, 7) is 12.6. The van der Waals surface area contributed by atoms with E-state index in [1.54, 1.807) is 6.07 Å². The van der Waals surface area contributed by atoms with Crippen LogP contribution in [0.25, 0.3) is 22.3 Å². The standard InChI is InChI=1S/C28H35F2N9.C2HF3O2/c1-18(2)39-19(3)34-27-22(29)13-21(14-24(27)39)26-23(30)16-33-28(36-26)35-25-6-5-20(15-32-25)17-38-11-9-37(10-12-38)8-4-7-31;3-2(4,5)1(6)7/h5-6,13-16,18H,4,7-12,17,31H2,1-3H3,(H,32,33,35,36);(H,6,7). The highest BCUT2D eigenvalue weighted by Crippen LogP contribution is 2.30. The van der Waals surface area contributed by atoms with Crippen molar-refractivity contribution in [3.63, 3.8) is 0 Å². The number of aromatic nitrogens is 5. The lowest BCUT2D eigenvalue weighted by Crippen LogP contribution is -2.46. The van der Waals surface area contributed by atoms with Crippen molar-refractivity contribution in [3.05, 3.63) is 59.7 Å². The fourth-order valence-electron chi connectivity index (χ4n) is 5.14. The van der Waals surface area contributed by atoms with Gasteiger partial charge >= 0.3 is 12.1 Å². The average molecular weight is 650 g/mol. The molecule has 1 aliphatic rings. The van der Waals surface area contributed by atoms with Gasteiger partial charge in [0, 0.05) is 50.5 Å². The fourth-order valence-corrected chi connectivity index (χ4v) is 5.14. The first-order valence-corrected chi connectivity index (χ1v) is 14.6. The predicted octanol–water partition coefficient (Wildman–Crippen LogP) is 4.90. The highest BCUT2D eigenvalue weighted by atomic mass is 19.4. The Hall–Kier alpha value is -4.28. The molecule has 1 saturated heterocycles. The minimum atomic E-state index is -5.08. The maximum absolute atomic E-state index is 15.0. The summed E-state index contributed by atoms with van der Waals surface area (Å²) in [5.74, 6) is -2.51. The van der Waals surface area contributed by atoms with Crippen LogP contribution in [0.4, 0.5) is 33.7 Å². The predicted molar refractivity (Wildman–Crippen MR) is 162 cm³/mol. The Morgan fingerprint density at radius 2 is 1.70 bits per heavy atom. The average Bonchev–Trinajstić information content (AvgIpc) is 3.35. The number of carboxylic acid groups (broad SMARTS) is 1. The van der Waals surface area contributed by atoms with E-state index < -0.39 is 23.8 Å². The Morgan fingerprint density at radius 3 is 2.28 bits per heavy atom. The molecule has 0 unspecified atom stereocenters. The van der Waals surface area contributed by atoms with Crippen LogP contribution in [0.3, 0.4) is 0 Å². The zero-order valence-corrected chi connectivity index (χ0v) is 25.7. The first kappa shape index (κ1) is 34.6. The van der Waals surface area contributed by atoms with E-state index in [-0.39, 0.29) is 23.2 Å². The van der Waals surface area contributed by atoms with Crippen LogP contribution in [-0.4, -0.2) is 90.8 Å². The van der Waals surface area contributed by atoms with Crippen LogP contribution in [0.1, 0.15) is 37.7 Å². The van der Waals surface area contributed by atoms with E-state index in [1.807, 2.05) is 43.7 Å². The minimum Gasteiger partial charge on any atom is -0.475 e. The zero-order valence-electron chi connectivity index (χ0n) is 25.7. The van der Waals surface area contributed by atoms with E-state index >= 15 is 0 Å². The van der Waals surface area contributed by atoms with E-state index in [0.29, 0.717) is 22.7 Å². The molecular weight excluding hydrogens is 613 g/mol. The second-order valence-corrected chi connectivity index (χ2v) is 11.1. The van der Waals surface area contributed by atoms with E-state index in [4.69, 9.17) is 15.6 Å². The normalized spacial score (nSPS) is 14.4. The molecule has 0 aliphatic carbocycles. The number of benzene rings is 1. The molecule has 4 heterocycles. The van der Waals surface area contributed by atoms with Crippen LogP contribution in [0.2, 0.25) is 0 Å². The lowest BCUT2D eigenvalue weighted by Gasteiger charge is -2.34. The Bertz CT molecular complexity index is 1640. The number of hydrogen-bond donors (Lipinski definition) is 3. The molecule has 0 atom stereocenters. The number of carboxylic acids is 1. The van der Waals surface area contributed by atoms with Crippen LogP contribution in [-0.2, 0) is 11.3 Å². The number of imidazole rings is 1. The van der Waals surface area contributed by atoms with Crippen molar-refractivity contribution in [1.29, 1.82) is 0 Å². The van der Waals surface area contributed by atoms with Gasteiger partial charge in [0.25, 0.3) is 0 Å². The van der Waals surface area contributed by atoms with E-state index in [9.17, 15) is 22.0 Å². The van der Waals surface area contributed by atoms with Crippen molar-refractivity contribution in [3.8, 4) is 11.3 Å². The highest BCUT2D eigenvalue weighted by molar-refractivity contribution is 5.83. The number of aryl methyl sites for hydroxylation is 1. The number of fused-ring (bicyclic) bond motifs is 1. The maximum atomic E-state index is 15.0. The first-order chi connectivity index (χ1) is 21.8. The second-order valence-electron chi connectivity index (χ2n) is 11.1. The fraction of sp³-hybridized carbons (Fsp3) is 0.433. The molecule has 0 bridgehead atoms. The van der Waals surface area contributed by atoms with Gasteiger partial charge in [-0.05, 0) is 64.0 Å². The molecule has 4 aromatic rings. The molecule has 3 aromatic heterocycles. The van der Waals surface area contributed by atoms with Crippen molar-refractivity contribution < 1.29 is 31.9 Å². The molecular formula is C30H36F5N9O2. The third kappa shape index (κ3) is 8.70. The van der Waals surface area contributed by atoms with E-state index in [0.717, 1.165) is 64.0 Å². The Labute approximate surface area is 262 Å². The molecule has 5 rings (SSSR count). The third-order valence-corrected chi connectivity index (χ3v) is 7.32. The van der Waals surface area contributed by atoms with Crippen LogP contribution >= 0.6 is 0 Å². The van der Waals surface area contributed by atoms with Crippen molar-refractivity contribution in [2.24, 2.45) is 5.73 Å². The van der Waals surface area contributed by atoms with Gasteiger partial charge in [0.15, 0.2) is 11.6 Å².